The number of hydrogen-bond acceptors (Lipinski definition) is 4. The summed E-state index contributed by atoms with van der Waals surface area (Å²) in [5.41, 5.74) is 2.11. The third-order valence-electron chi connectivity index (χ3n) is 6.25. The van der Waals surface area contributed by atoms with Crippen LogP contribution in [0.1, 0.15) is 36.8 Å². The molecule has 2 aliphatic heterocycles. The van der Waals surface area contributed by atoms with Crippen molar-refractivity contribution in [3.8, 4) is 0 Å². The fourth-order valence-corrected chi connectivity index (χ4v) is 4.57. The summed E-state index contributed by atoms with van der Waals surface area (Å²) in [6.07, 6.45) is 4.74. The van der Waals surface area contributed by atoms with Gasteiger partial charge in [-0.25, -0.2) is 0 Å². The van der Waals surface area contributed by atoms with E-state index < -0.39 is 0 Å². The molecule has 2 aromatic rings. The van der Waals surface area contributed by atoms with Crippen LogP contribution in [-0.2, 0) is 22.7 Å². The lowest BCUT2D eigenvalue weighted by molar-refractivity contribution is -0.217. The minimum absolute atomic E-state index is 0.328. The number of piperidine rings is 1. The van der Waals surface area contributed by atoms with E-state index in [0.29, 0.717) is 25.7 Å². The Morgan fingerprint density at radius 2 is 1.66 bits per heavy atom. The highest BCUT2D eigenvalue weighted by molar-refractivity contribution is 5.14. The molecule has 2 atom stereocenters. The molecule has 156 valence electrons. The maximum absolute atomic E-state index is 6.70. The lowest BCUT2D eigenvalue weighted by Crippen LogP contribution is -2.58. The van der Waals surface area contributed by atoms with Crippen molar-refractivity contribution in [2.24, 2.45) is 5.92 Å². The predicted molar refractivity (Wildman–Crippen MR) is 116 cm³/mol. The summed E-state index contributed by atoms with van der Waals surface area (Å²) in [5, 5.41) is 3.51. The molecule has 4 heteroatoms. The van der Waals surface area contributed by atoms with Crippen LogP contribution in [0.2, 0.25) is 0 Å². The van der Waals surface area contributed by atoms with Gasteiger partial charge in [0.2, 0.25) is 0 Å². The molecule has 2 saturated heterocycles. The van der Waals surface area contributed by atoms with E-state index in [1.165, 1.54) is 30.4 Å². The smallest absolute Gasteiger partial charge is 0.145 e. The van der Waals surface area contributed by atoms with Crippen molar-refractivity contribution in [3.05, 3.63) is 71.8 Å². The second kappa shape index (κ2) is 10.4. The maximum Gasteiger partial charge on any atom is 0.145 e. The Morgan fingerprint density at radius 1 is 0.931 bits per heavy atom. The van der Waals surface area contributed by atoms with Crippen LogP contribution in [0, 0.1) is 5.92 Å². The SMILES string of the molecule is c1ccc(COCC2(OCc3ccccc3)CCCCN2C[C@@H]2CCNC2)cc1. The lowest BCUT2D eigenvalue weighted by Gasteiger charge is -2.47. The first kappa shape index (κ1) is 20.5. The second-order valence-electron chi connectivity index (χ2n) is 8.46. The summed E-state index contributed by atoms with van der Waals surface area (Å²) in [5.74, 6) is 0.710. The summed E-state index contributed by atoms with van der Waals surface area (Å²) in [6, 6.07) is 21.0. The van der Waals surface area contributed by atoms with Crippen LogP contribution in [-0.4, -0.2) is 43.4 Å². The summed E-state index contributed by atoms with van der Waals surface area (Å²) < 4.78 is 13.0. The minimum Gasteiger partial charge on any atom is -0.372 e. The molecule has 1 N–H and O–H groups in total. The largest absolute Gasteiger partial charge is 0.372 e. The van der Waals surface area contributed by atoms with Crippen LogP contribution in [0.15, 0.2) is 60.7 Å². The van der Waals surface area contributed by atoms with Crippen molar-refractivity contribution in [2.75, 3.05) is 32.8 Å². The molecule has 0 aromatic heterocycles. The number of nitrogens with one attached hydrogen (secondary N) is 1. The molecule has 0 saturated carbocycles. The fourth-order valence-electron chi connectivity index (χ4n) is 4.57. The van der Waals surface area contributed by atoms with E-state index in [2.05, 4.69) is 64.8 Å². The van der Waals surface area contributed by atoms with Gasteiger partial charge < -0.3 is 14.8 Å². The molecule has 4 nitrogen and oxygen atoms in total. The second-order valence-corrected chi connectivity index (χ2v) is 8.46. The molecular weight excluding hydrogens is 360 g/mol. The number of benzene rings is 2. The highest BCUT2D eigenvalue weighted by Gasteiger charge is 2.41. The fraction of sp³-hybridized carbons (Fsp3) is 0.520. The van der Waals surface area contributed by atoms with Gasteiger partial charge in [0.25, 0.3) is 0 Å². The average Bonchev–Trinajstić information content (AvgIpc) is 3.29. The molecule has 29 heavy (non-hydrogen) atoms. The molecule has 0 spiro atoms. The Hall–Kier alpha value is -1.72. The van der Waals surface area contributed by atoms with Crippen molar-refractivity contribution in [2.45, 2.75) is 44.6 Å². The van der Waals surface area contributed by atoms with Crippen molar-refractivity contribution >= 4 is 0 Å². The van der Waals surface area contributed by atoms with Crippen LogP contribution in [0.3, 0.4) is 0 Å². The summed E-state index contributed by atoms with van der Waals surface area (Å²) >= 11 is 0. The van der Waals surface area contributed by atoms with Crippen LogP contribution in [0.25, 0.3) is 0 Å². The molecule has 0 aliphatic carbocycles. The Bertz CT molecular complexity index is 718. The van der Waals surface area contributed by atoms with Crippen LogP contribution >= 0.6 is 0 Å². The van der Waals surface area contributed by atoms with Gasteiger partial charge >= 0.3 is 0 Å². The molecule has 0 bridgehead atoms. The third kappa shape index (κ3) is 5.67. The lowest BCUT2D eigenvalue weighted by atomic mass is 9.96. The van der Waals surface area contributed by atoms with Gasteiger partial charge in [-0.3, -0.25) is 4.90 Å². The maximum atomic E-state index is 6.70. The summed E-state index contributed by atoms with van der Waals surface area (Å²) in [7, 11) is 0. The first-order valence-corrected chi connectivity index (χ1v) is 11.1. The molecule has 0 amide bonds. The summed E-state index contributed by atoms with van der Waals surface area (Å²) in [6.45, 7) is 6.34. The normalized spacial score (nSPS) is 25.3. The number of rotatable bonds is 9. The number of likely N-dealkylation sites (tertiary alicyclic amines) is 1. The van der Waals surface area contributed by atoms with Crippen molar-refractivity contribution in [1.82, 2.24) is 10.2 Å². The third-order valence-corrected chi connectivity index (χ3v) is 6.25. The zero-order chi connectivity index (χ0) is 19.8. The van der Waals surface area contributed by atoms with E-state index in [1.54, 1.807) is 0 Å². The van der Waals surface area contributed by atoms with Gasteiger partial charge in [0.15, 0.2) is 0 Å². The van der Waals surface area contributed by atoms with Gasteiger partial charge in [0, 0.05) is 13.1 Å². The molecule has 4 rings (SSSR count). The topological polar surface area (TPSA) is 33.7 Å². The molecular formula is C25H34N2O2. The van der Waals surface area contributed by atoms with Crippen molar-refractivity contribution in [1.29, 1.82) is 0 Å². The van der Waals surface area contributed by atoms with E-state index in [9.17, 15) is 0 Å². The average molecular weight is 395 g/mol. The monoisotopic (exact) mass is 394 g/mol. The summed E-state index contributed by atoms with van der Waals surface area (Å²) in [4.78, 5) is 2.59. The molecule has 0 radical (unpaired) electrons. The zero-order valence-electron chi connectivity index (χ0n) is 17.4. The van der Waals surface area contributed by atoms with Crippen LogP contribution < -0.4 is 5.32 Å². The van der Waals surface area contributed by atoms with Crippen LogP contribution in [0.5, 0.6) is 0 Å². The van der Waals surface area contributed by atoms with Gasteiger partial charge in [-0.05, 0) is 55.8 Å². The van der Waals surface area contributed by atoms with E-state index in [1.807, 2.05) is 6.07 Å². The Balaban J connectivity index is 1.45. The van der Waals surface area contributed by atoms with Gasteiger partial charge in [-0.1, -0.05) is 60.7 Å². The van der Waals surface area contributed by atoms with Crippen LogP contribution in [0.4, 0.5) is 0 Å². The molecule has 2 aromatic carbocycles. The van der Waals surface area contributed by atoms with Gasteiger partial charge in [-0.15, -0.1) is 0 Å². The minimum atomic E-state index is -0.328. The first-order chi connectivity index (χ1) is 14.3. The quantitative estimate of drug-likeness (QED) is 0.691. The highest BCUT2D eigenvalue weighted by atomic mass is 16.6. The predicted octanol–water partition coefficient (Wildman–Crippen LogP) is 4.21. The number of ether oxygens (including phenoxy) is 2. The molecule has 2 aliphatic rings. The van der Waals surface area contributed by atoms with Crippen molar-refractivity contribution in [3.63, 3.8) is 0 Å². The Labute approximate surface area is 175 Å². The first-order valence-electron chi connectivity index (χ1n) is 11.1. The Kier molecular flexibility index (Phi) is 7.33. The molecule has 2 fully saturated rings. The number of nitrogens with zero attached hydrogens (tertiary/aromatic N) is 1. The van der Waals surface area contributed by atoms with E-state index in [4.69, 9.17) is 9.47 Å². The number of hydrogen-bond donors (Lipinski definition) is 1. The zero-order valence-corrected chi connectivity index (χ0v) is 17.4. The van der Waals surface area contributed by atoms with Gasteiger partial charge in [-0.2, -0.15) is 0 Å². The van der Waals surface area contributed by atoms with E-state index in [0.717, 1.165) is 32.6 Å². The molecule has 2 heterocycles. The highest BCUT2D eigenvalue weighted by Crippen LogP contribution is 2.33. The van der Waals surface area contributed by atoms with Crippen molar-refractivity contribution < 1.29 is 9.47 Å². The van der Waals surface area contributed by atoms with E-state index >= 15 is 0 Å². The molecule has 1 unspecified atom stereocenters. The van der Waals surface area contributed by atoms with E-state index in [-0.39, 0.29) is 5.72 Å². The van der Waals surface area contributed by atoms with Gasteiger partial charge in [0.05, 0.1) is 19.8 Å². The Morgan fingerprint density at radius 3 is 2.34 bits per heavy atom. The standard InChI is InChI=1S/C25H34N2O2/c1-3-9-22(10-4-1)19-28-21-25(29-20-23-11-5-2-6-12-23)14-7-8-16-27(25)18-24-13-15-26-17-24/h1-6,9-12,24,26H,7-8,13-21H2/t24-,25?/m1/s1. The van der Waals surface area contributed by atoms with Gasteiger partial charge in [0.1, 0.15) is 5.72 Å².